The Labute approximate surface area is 143 Å². The quantitative estimate of drug-likeness (QED) is 0.874. The lowest BCUT2D eigenvalue weighted by atomic mass is 10.2. The first-order valence-corrected chi connectivity index (χ1v) is 9.19. The number of rotatable bonds is 6. The molecule has 2 rings (SSSR count). The number of sulfonamides is 1. The highest BCUT2D eigenvalue weighted by Gasteiger charge is 2.17. The second-order valence-corrected chi connectivity index (χ2v) is 7.41. The van der Waals surface area contributed by atoms with Gasteiger partial charge in [0.1, 0.15) is 0 Å². The van der Waals surface area contributed by atoms with E-state index in [9.17, 15) is 13.2 Å². The number of nitrogens with one attached hydrogen (secondary N) is 1. The van der Waals surface area contributed by atoms with Crippen molar-refractivity contribution in [2.24, 2.45) is 0 Å². The van der Waals surface area contributed by atoms with E-state index in [1.54, 1.807) is 36.1 Å². The summed E-state index contributed by atoms with van der Waals surface area (Å²) in [7, 11) is -3.59. The maximum atomic E-state index is 12.4. The summed E-state index contributed by atoms with van der Waals surface area (Å²) >= 11 is 0. The summed E-state index contributed by atoms with van der Waals surface area (Å²) in [4.78, 5) is 13.7. The Bertz CT molecular complexity index is 832. The molecule has 0 unspecified atom stereocenters. The highest BCUT2D eigenvalue weighted by atomic mass is 32.2. The zero-order chi connectivity index (χ0) is 17.7. The van der Waals surface area contributed by atoms with Crippen molar-refractivity contribution in [1.29, 1.82) is 0 Å². The van der Waals surface area contributed by atoms with Crippen molar-refractivity contribution in [2.75, 3.05) is 18.0 Å². The van der Waals surface area contributed by atoms with Crippen LogP contribution < -0.4 is 9.62 Å². The van der Waals surface area contributed by atoms with Gasteiger partial charge in [-0.05, 0) is 43.2 Å². The van der Waals surface area contributed by atoms with Crippen LogP contribution in [0.5, 0.6) is 0 Å². The average molecular weight is 346 g/mol. The highest BCUT2D eigenvalue weighted by Crippen LogP contribution is 2.16. The minimum absolute atomic E-state index is 0.129. The number of carbonyl (C=O) groups is 1. The van der Waals surface area contributed by atoms with Gasteiger partial charge in [-0.15, -0.1) is 0 Å². The van der Waals surface area contributed by atoms with Gasteiger partial charge in [0.15, 0.2) is 0 Å². The van der Waals surface area contributed by atoms with Gasteiger partial charge in [-0.2, -0.15) is 0 Å². The number of anilines is 1. The Morgan fingerprint density at radius 1 is 1.08 bits per heavy atom. The topological polar surface area (TPSA) is 66.5 Å². The molecule has 0 aliphatic rings. The monoisotopic (exact) mass is 346 g/mol. The summed E-state index contributed by atoms with van der Waals surface area (Å²) in [5, 5.41) is 0. The van der Waals surface area contributed by atoms with E-state index in [0.717, 1.165) is 11.3 Å². The molecule has 6 heteroatoms. The van der Waals surface area contributed by atoms with E-state index in [1.165, 1.54) is 6.92 Å². The van der Waals surface area contributed by atoms with Crippen LogP contribution in [0.4, 0.5) is 5.69 Å². The molecule has 0 aromatic heterocycles. The zero-order valence-corrected chi connectivity index (χ0v) is 14.9. The Morgan fingerprint density at radius 2 is 1.79 bits per heavy atom. The zero-order valence-electron chi connectivity index (χ0n) is 14.1. The van der Waals surface area contributed by atoms with Crippen LogP contribution in [0.25, 0.3) is 0 Å². The average Bonchev–Trinajstić information content (AvgIpc) is 2.51. The molecule has 0 aliphatic heterocycles. The third-order valence-electron chi connectivity index (χ3n) is 3.70. The van der Waals surface area contributed by atoms with Crippen molar-refractivity contribution >= 4 is 21.6 Å². The van der Waals surface area contributed by atoms with Gasteiger partial charge in [-0.3, -0.25) is 4.79 Å². The molecule has 1 amide bonds. The van der Waals surface area contributed by atoms with Crippen LogP contribution in [0.1, 0.15) is 18.1 Å². The fraction of sp³-hybridized carbons (Fsp3) is 0.278. The third kappa shape index (κ3) is 4.43. The molecular weight excluding hydrogens is 324 g/mol. The van der Waals surface area contributed by atoms with Gasteiger partial charge in [0.25, 0.3) is 0 Å². The van der Waals surface area contributed by atoms with Crippen molar-refractivity contribution in [1.82, 2.24) is 4.72 Å². The molecule has 0 heterocycles. The van der Waals surface area contributed by atoms with E-state index in [4.69, 9.17) is 0 Å². The third-order valence-corrected chi connectivity index (χ3v) is 5.33. The van der Waals surface area contributed by atoms with Gasteiger partial charge in [0.2, 0.25) is 15.9 Å². The molecule has 1 N–H and O–H groups in total. The van der Waals surface area contributed by atoms with E-state index < -0.39 is 10.0 Å². The molecule has 0 bridgehead atoms. The largest absolute Gasteiger partial charge is 0.311 e. The van der Waals surface area contributed by atoms with Gasteiger partial charge in [0, 0.05) is 25.7 Å². The number of carbonyl (C=O) groups excluding carboxylic acids is 1. The smallest absolute Gasteiger partial charge is 0.240 e. The van der Waals surface area contributed by atoms with Gasteiger partial charge >= 0.3 is 0 Å². The number of amides is 1. The van der Waals surface area contributed by atoms with Crippen LogP contribution in [0.15, 0.2) is 53.4 Å². The molecule has 0 aliphatic carbocycles. The Hall–Kier alpha value is -2.18. The standard InChI is InChI=1S/C18H22N2O3S/c1-14-7-6-9-17(13-14)20(16(3)21)12-11-19-24(22,23)18-10-5-4-8-15(18)2/h4-10,13,19H,11-12H2,1-3H3. The number of aryl methyl sites for hydroxylation is 2. The van der Waals surface area contributed by atoms with Gasteiger partial charge in [-0.1, -0.05) is 30.3 Å². The van der Waals surface area contributed by atoms with Crippen LogP contribution >= 0.6 is 0 Å². The molecule has 0 fully saturated rings. The number of nitrogens with zero attached hydrogens (tertiary/aromatic N) is 1. The van der Waals surface area contributed by atoms with E-state index in [1.807, 2.05) is 31.2 Å². The molecule has 0 spiro atoms. The van der Waals surface area contributed by atoms with E-state index >= 15 is 0 Å². The molecule has 128 valence electrons. The normalized spacial score (nSPS) is 11.3. The molecule has 0 radical (unpaired) electrons. The van der Waals surface area contributed by atoms with Crippen LogP contribution in [0, 0.1) is 13.8 Å². The van der Waals surface area contributed by atoms with Crippen molar-refractivity contribution in [3.05, 3.63) is 59.7 Å². The maximum absolute atomic E-state index is 12.4. The summed E-state index contributed by atoms with van der Waals surface area (Å²) in [6, 6.07) is 14.4. The predicted octanol–water partition coefficient (Wildman–Crippen LogP) is 2.63. The first-order valence-electron chi connectivity index (χ1n) is 7.71. The lowest BCUT2D eigenvalue weighted by molar-refractivity contribution is -0.116. The maximum Gasteiger partial charge on any atom is 0.240 e. The van der Waals surface area contributed by atoms with E-state index in [2.05, 4.69) is 4.72 Å². The van der Waals surface area contributed by atoms with E-state index in [-0.39, 0.29) is 23.9 Å². The summed E-state index contributed by atoms with van der Waals surface area (Å²) in [6.07, 6.45) is 0. The Morgan fingerprint density at radius 3 is 2.42 bits per heavy atom. The molecule has 0 saturated heterocycles. The number of hydrogen-bond donors (Lipinski definition) is 1. The molecule has 2 aromatic carbocycles. The summed E-state index contributed by atoms with van der Waals surface area (Å²) in [5.41, 5.74) is 2.49. The first kappa shape index (κ1) is 18.2. The van der Waals surface area contributed by atoms with Crippen molar-refractivity contribution in [3.63, 3.8) is 0 Å². The van der Waals surface area contributed by atoms with Crippen LogP contribution in [0.2, 0.25) is 0 Å². The fourth-order valence-electron chi connectivity index (χ4n) is 2.49. The molecule has 0 atom stereocenters. The lowest BCUT2D eigenvalue weighted by Gasteiger charge is -2.22. The molecule has 0 saturated carbocycles. The second kappa shape index (κ2) is 7.59. The van der Waals surface area contributed by atoms with Crippen molar-refractivity contribution in [2.45, 2.75) is 25.7 Å². The molecule has 24 heavy (non-hydrogen) atoms. The first-order chi connectivity index (χ1) is 11.3. The number of benzene rings is 2. The minimum Gasteiger partial charge on any atom is -0.311 e. The van der Waals surface area contributed by atoms with Crippen LogP contribution in [-0.2, 0) is 14.8 Å². The summed E-state index contributed by atoms with van der Waals surface area (Å²) in [6.45, 7) is 5.58. The number of hydrogen-bond acceptors (Lipinski definition) is 3. The lowest BCUT2D eigenvalue weighted by Crippen LogP contribution is -2.37. The highest BCUT2D eigenvalue weighted by molar-refractivity contribution is 7.89. The summed E-state index contributed by atoms with van der Waals surface area (Å²) in [5.74, 6) is -0.129. The van der Waals surface area contributed by atoms with Gasteiger partial charge in [0.05, 0.1) is 4.90 Å². The van der Waals surface area contributed by atoms with Gasteiger partial charge in [-0.25, -0.2) is 13.1 Å². The SMILES string of the molecule is CC(=O)N(CCNS(=O)(=O)c1ccccc1C)c1cccc(C)c1. The van der Waals surface area contributed by atoms with Crippen molar-refractivity contribution < 1.29 is 13.2 Å². The summed E-state index contributed by atoms with van der Waals surface area (Å²) < 4.78 is 27.3. The molecule has 5 nitrogen and oxygen atoms in total. The Kier molecular flexibility index (Phi) is 5.75. The molecule has 2 aromatic rings. The fourth-order valence-corrected chi connectivity index (χ4v) is 3.76. The Balaban J connectivity index is 2.08. The second-order valence-electron chi connectivity index (χ2n) is 5.67. The van der Waals surface area contributed by atoms with Gasteiger partial charge < -0.3 is 4.90 Å². The van der Waals surface area contributed by atoms with Crippen LogP contribution in [0.3, 0.4) is 0 Å². The molecular formula is C18H22N2O3S. The predicted molar refractivity (Wildman–Crippen MR) is 95.6 cm³/mol. The van der Waals surface area contributed by atoms with E-state index in [0.29, 0.717) is 5.56 Å². The van der Waals surface area contributed by atoms with Crippen LogP contribution in [-0.4, -0.2) is 27.4 Å². The van der Waals surface area contributed by atoms with Crippen molar-refractivity contribution in [3.8, 4) is 0 Å². The minimum atomic E-state index is -3.59.